The van der Waals surface area contributed by atoms with Crippen molar-refractivity contribution in [2.45, 2.75) is 27.2 Å². The van der Waals surface area contributed by atoms with Gasteiger partial charge in [0.15, 0.2) is 0 Å². The van der Waals surface area contributed by atoms with Gasteiger partial charge in [0.2, 0.25) is 0 Å². The van der Waals surface area contributed by atoms with E-state index in [0.717, 1.165) is 22.3 Å². The van der Waals surface area contributed by atoms with E-state index in [1.807, 2.05) is 26.8 Å². The molecule has 0 amide bonds. The van der Waals surface area contributed by atoms with Crippen molar-refractivity contribution in [1.29, 1.82) is 5.41 Å². The molecule has 1 aliphatic rings. The maximum Gasteiger partial charge on any atom is 0.123 e. The molecule has 0 aromatic carbocycles. The zero-order chi connectivity index (χ0) is 15.3. The predicted octanol–water partition coefficient (Wildman–Crippen LogP) is 4.50. The van der Waals surface area contributed by atoms with Gasteiger partial charge >= 0.3 is 0 Å². The standard InChI is InChI=1S/C17H21FN2/c1-5-6-15(17(19)20)16(11(2)3)14-10-9-13(18)8-7-12(14)4/h5-6,8-10H,2,7H2,1,3-4H3,(H3,19,20)/b6-5?,16-15-. The topological polar surface area (TPSA) is 49.9 Å². The van der Waals surface area contributed by atoms with Crippen LogP contribution in [0.2, 0.25) is 0 Å². The summed E-state index contributed by atoms with van der Waals surface area (Å²) in [6.45, 7) is 9.66. The Hall–Kier alpha value is -2.16. The van der Waals surface area contributed by atoms with Crippen molar-refractivity contribution in [3.05, 3.63) is 70.7 Å². The van der Waals surface area contributed by atoms with Crippen molar-refractivity contribution >= 4 is 5.84 Å². The van der Waals surface area contributed by atoms with E-state index in [0.29, 0.717) is 12.0 Å². The molecule has 106 valence electrons. The number of nitrogens with one attached hydrogen (secondary N) is 1. The molecule has 2 nitrogen and oxygen atoms in total. The summed E-state index contributed by atoms with van der Waals surface area (Å²) in [5.41, 5.74) is 9.79. The molecule has 3 N–H and O–H groups in total. The van der Waals surface area contributed by atoms with Crippen molar-refractivity contribution in [2.24, 2.45) is 5.73 Å². The minimum atomic E-state index is -0.254. The zero-order valence-electron chi connectivity index (χ0n) is 12.3. The van der Waals surface area contributed by atoms with Crippen molar-refractivity contribution in [1.82, 2.24) is 0 Å². The van der Waals surface area contributed by atoms with Crippen molar-refractivity contribution in [3.63, 3.8) is 0 Å². The van der Waals surface area contributed by atoms with Crippen LogP contribution in [0.3, 0.4) is 0 Å². The first kappa shape index (κ1) is 15.9. The molecule has 0 aromatic heterocycles. The van der Waals surface area contributed by atoms with Crippen LogP contribution in [0, 0.1) is 5.41 Å². The monoisotopic (exact) mass is 272 g/mol. The fraction of sp³-hybridized carbons (Fsp3) is 0.235. The second-order valence-corrected chi connectivity index (χ2v) is 4.80. The fourth-order valence-electron chi connectivity index (χ4n) is 2.11. The number of hydrogen-bond acceptors (Lipinski definition) is 1. The molecule has 0 heterocycles. The zero-order valence-corrected chi connectivity index (χ0v) is 12.3. The SMILES string of the molecule is C=C(C)/C(C1=C(C)CC=C(F)C=C1)=C(\C=CC)C(=N)N. The Labute approximate surface area is 120 Å². The molecule has 0 spiro atoms. The molecule has 0 radical (unpaired) electrons. The first-order valence-electron chi connectivity index (χ1n) is 6.49. The summed E-state index contributed by atoms with van der Waals surface area (Å²) in [5, 5.41) is 7.75. The summed E-state index contributed by atoms with van der Waals surface area (Å²) >= 11 is 0. The van der Waals surface area contributed by atoms with E-state index in [1.54, 1.807) is 12.2 Å². The lowest BCUT2D eigenvalue weighted by molar-refractivity contribution is 0.663. The number of hydrogen-bond donors (Lipinski definition) is 2. The van der Waals surface area contributed by atoms with Gasteiger partial charge in [0.25, 0.3) is 0 Å². The third-order valence-corrected chi connectivity index (χ3v) is 3.06. The summed E-state index contributed by atoms with van der Waals surface area (Å²) in [4.78, 5) is 0. The van der Waals surface area contributed by atoms with Gasteiger partial charge in [-0.05, 0) is 56.1 Å². The van der Waals surface area contributed by atoms with E-state index in [2.05, 4.69) is 6.58 Å². The largest absolute Gasteiger partial charge is 0.384 e. The Morgan fingerprint density at radius 3 is 2.60 bits per heavy atom. The summed E-state index contributed by atoms with van der Waals surface area (Å²) in [6, 6.07) is 0. The third-order valence-electron chi connectivity index (χ3n) is 3.06. The van der Waals surface area contributed by atoms with Gasteiger partial charge < -0.3 is 5.73 Å². The highest BCUT2D eigenvalue weighted by atomic mass is 19.1. The van der Waals surface area contributed by atoms with Gasteiger partial charge in [0.05, 0.1) is 0 Å². The van der Waals surface area contributed by atoms with Crippen molar-refractivity contribution in [2.75, 3.05) is 0 Å². The lowest BCUT2D eigenvalue weighted by atomic mass is 9.89. The van der Waals surface area contributed by atoms with E-state index >= 15 is 0 Å². The molecule has 0 bridgehead atoms. The van der Waals surface area contributed by atoms with Gasteiger partial charge in [-0.1, -0.05) is 30.4 Å². The number of halogens is 1. The van der Waals surface area contributed by atoms with Gasteiger partial charge in [-0.15, -0.1) is 0 Å². The first-order chi connectivity index (χ1) is 9.38. The Balaban J connectivity index is 3.57. The van der Waals surface area contributed by atoms with Crippen LogP contribution >= 0.6 is 0 Å². The first-order valence-corrected chi connectivity index (χ1v) is 6.49. The Kier molecular flexibility index (Phi) is 5.44. The highest BCUT2D eigenvalue weighted by molar-refractivity contribution is 5.99. The average molecular weight is 272 g/mol. The quantitative estimate of drug-likeness (QED) is 0.442. The average Bonchev–Trinajstić information content (AvgIpc) is 2.52. The summed E-state index contributed by atoms with van der Waals surface area (Å²) in [6.07, 6.45) is 8.85. The molecule has 0 aromatic rings. The Morgan fingerprint density at radius 2 is 2.10 bits per heavy atom. The number of rotatable bonds is 4. The highest BCUT2D eigenvalue weighted by Gasteiger charge is 2.15. The van der Waals surface area contributed by atoms with Gasteiger partial charge in [-0.25, -0.2) is 4.39 Å². The molecule has 0 aliphatic heterocycles. The summed E-state index contributed by atoms with van der Waals surface area (Å²) in [7, 11) is 0. The lowest BCUT2D eigenvalue weighted by Gasteiger charge is -2.16. The van der Waals surface area contributed by atoms with Crippen LogP contribution in [-0.4, -0.2) is 5.84 Å². The minimum absolute atomic E-state index is 0.0209. The molecule has 3 heteroatoms. The number of allylic oxidation sites excluding steroid dienone is 9. The molecule has 0 unspecified atom stereocenters. The normalized spacial score (nSPS) is 16.9. The van der Waals surface area contributed by atoms with Crippen LogP contribution in [0.15, 0.2) is 70.7 Å². The van der Waals surface area contributed by atoms with E-state index in [4.69, 9.17) is 11.1 Å². The molecule has 1 rings (SSSR count). The highest BCUT2D eigenvalue weighted by Crippen LogP contribution is 2.30. The molecular weight excluding hydrogens is 251 g/mol. The van der Waals surface area contributed by atoms with E-state index in [9.17, 15) is 4.39 Å². The second-order valence-electron chi connectivity index (χ2n) is 4.80. The second kappa shape index (κ2) is 6.85. The van der Waals surface area contributed by atoms with E-state index < -0.39 is 0 Å². The molecule has 0 fully saturated rings. The summed E-state index contributed by atoms with van der Waals surface area (Å²) < 4.78 is 13.4. The molecule has 1 aliphatic carbocycles. The van der Waals surface area contributed by atoms with E-state index in [1.165, 1.54) is 12.2 Å². The molecule has 0 atom stereocenters. The van der Waals surface area contributed by atoms with Gasteiger partial charge in [-0.2, -0.15) is 0 Å². The van der Waals surface area contributed by atoms with Crippen LogP contribution in [0.5, 0.6) is 0 Å². The van der Waals surface area contributed by atoms with Crippen LogP contribution < -0.4 is 5.73 Å². The Morgan fingerprint density at radius 1 is 1.45 bits per heavy atom. The van der Waals surface area contributed by atoms with Crippen molar-refractivity contribution in [3.8, 4) is 0 Å². The smallest absolute Gasteiger partial charge is 0.123 e. The van der Waals surface area contributed by atoms with Crippen LogP contribution in [0.25, 0.3) is 0 Å². The Bertz CT molecular complexity index is 584. The van der Waals surface area contributed by atoms with Crippen LogP contribution in [-0.2, 0) is 0 Å². The van der Waals surface area contributed by atoms with Crippen LogP contribution in [0.4, 0.5) is 4.39 Å². The maximum absolute atomic E-state index is 13.4. The molecular formula is C17H21FN2. The predicted molar refractivity (Wildman–Crippen MR) is 84.2 cm³/mol. The summed E-state index contributed by atoms with van der Waals surface area (Å²) in [5.74, 6) is -0.275. The molecule has 0 saturated heterocycles. The van der Waals surface area contributed by atoms with E-state index in [-0.39, 0.29) is 11.7 Å². The number of nitrogens with two attached hydrogens (primary N) is 1. The molecule has 0 saturated carbocycles. The third kappa shape index (κ3) is 3.67. The van der Waals surface area contributed by atoms with Gasteiger partial charge in [0.1, 0.15) is 11.7 Å². The van der Waals surface area contributed by atoms with Gasteiger partial charge in [0, 0.05) is 5.57 Å². The lowest BCUT2D eigenvalue weighted by Crippen LogP contribution is -2.15. The van der Waals surface area contributed by atoms with Crippen molar-refractivity contribution < 1.29 is 4.39 Å². The molecule has 20 heavy (non-hydrogen) atoms. The van der Waals surface area contributed by atoms with Crippen LogP contribution in [0.1, 0.15) is 27.2 Å². The maximum atomic E-state index is 13.4. The number of amidine groups is 1. The minimum Gasteiger partial charge on any atom is -0.384 e. The fourth-order valence-corrected chi connectivity index (χ4v) is 2.11. The van der Waals surface area contributed by atoms with Gasteiger partial charge in [-0.3, -0.25) is 5.41 Å².